The van der Waals surface area contributed by atoms with Crippen LogP contribution in [-0.4, -0.2) is 44.5 Å². The maximum Gasteiger partial charge on any atom is 0.340 e. The molecule has 1 aromatic carbocycles. The van der Waals surface area contributed by atoms with Gasteiger partial charge in [0.25, 0.3) is 10.0 Å². The molecule has 3 rings (SSSR count). The summed E-state index contributed by atoms with van der Waals surface area (Å²) in [5, 5.41) is 4.21. The van der Waals surface area contributed by atoms with E-state index in [2.05, 4.69) is 9.82 Å². The predicted octanol–water partition coefficient (Wildman–Crippen LogP) is 2.95. The number of carbonyl (C=O) groups excluding carboxylic acids is 1. The average molecular weight is 407 g/mol. The molecule has 0 radical (unpaired) electrons. The minimum Gasteiger partial charge on any atom is -0.465 e. The van der Waals surface area contributed by atoms with Crippen molar-refractivity contribution in [2.24, 2.45) is 0 Å². The van der Waals surface area contributed by atoms with E-state index < -0.39 is 16.0 Å². The summed E-state index contributed by atoms with van der Waals surface area (Å²) in [6.07, 6.45) is 4.41. The Balaban J connectivity index is 1.88. The number of nitrogens with zero attached hydrogens (tertiary/aromatic N) is 2. The van der Waals surface area contributed by atoms with Gasteiger partial charge in [0.15, 0.2) is 0 Å². The van der Waals surface area contributed by atoms with E-state index >= 15 is 0 Å². The van der Waals surface area contributed by atoms with Gasteiger partial charge >= 0.3 is 5.97 Å². The molecule has 0 unspecified atom stereocenters. The molecule has 1 aliphatic rings. The molecule has 28 heavy (non-hydrogen) atoms. The van der Waals surface area contributed by atoms with Crippen LogP contribution in [-0.2, 0) is 19.5 Å². The first-order valence-corrected chi connectivity index (χ1v) is 10.7. The van der Waals surface area contributed by atoms with E-state index in [1.54, 1.807) is 22.9 Å². The van der Waals surface area contributed by atoms with E-state index in [-0.39, 0.29) is 28.1 Å². The van der Waals surface area contributed by atoms with E-state index in [4.69, 9.17) is 9.47 Å². The predicted molar refractivity (Wildman–Crippen MR) is 104 cm³/mol. The summed E-state index contributed by atoms with van der Waals surface area (Å²) in [4.78, 5) is 12.2. The number of anilines is 1. The highest BCUT2D eigenvalue weighted by atomic mass is 32.2. The number of benzene rings is 1. The second-order valence-corrected chi connectivity index (χ2v) is 8.74. The number of ether oxygens (including phenoxy) is 2. The Kier molecular flexibility index (Phi) is 6.04. The van der Waals surface area contributed by atoms with Gasteiger partial charge in [-0.05, 0) is 36.5 Å². The molecule has 1 aliphatic heterocycles. The summed E-state index contributed by atoms with van der Waals surface area (Å²) < 4.78 is 40.0. The lowest BCUT2D eigenvalue weighted by molar-refractivity contribution is 0.0601. The molecule has 0 atom stereocenters. The molecule has 2 heterocycles. The van der Waals surface area contributed by atoms with Gasteiger partial charge in [-0.15, -0.1) is 0 Å². The minimum atomic E-state index is -3.90. The zero-order valence-corrected chi connectivity index (χ0v) is 17.0. The van der Waals surface area contributed by atoms with Crippen molar-refractivity contribution in [3.8, 4) is 0 Å². The molecule has 0 amide bonds. The third-order valence-corrected chi connectivity index (χ3v) is 6.13. The second kappa shape index (κ2) is 8.32. The smallest absolute Gasteiger partial charge is 0.340 e. The molecule has 152 valence electrons. The summed E-state index contributed by atoms with van der Waals surface area (Å²) in [6, 6.07) is 5.15. The molecule has 1 aromatic heterocycles. The van der Waals surface area contributed by atoms with Crippen LogP contribution in [0.2, 0.25) is 0 Å². The van der Waals surface area contributed by atoms with Gasteiger partial charge in [-0.25, -0.2) is 13.2 Å². The first-order valence-electron chi connectivity index (χ1n) is 9.19. The van der Waals surface area contributed by atoms with E-state index in [1.807, 2.05) is 13.8 Å². The number of methoxy groups -OCH3 is 1. The number of hydrogen-bond donors (Lipinski definition) is 1. The number of sulfonamides is 1. The average Bonchev–Trinajstić information content (AvgIpc) is 3.19. The standard InChI is InChI=1S/C19H25N3O5S/c1-13(2)14-4-5-18(17(10-14)19(23)26-3)21-28(24,25)16-11-20-22(12-16)15-6-8-27-9-7-15/h4-5,10-13,15,21H,6-9H2,1-3H3. The van der Waals surface area contributed by atoms with Crippen molar-refractivity contribution in [1.29, 1.82) is 0 Å². The van der Waals surface area contributed by atoms with Crippen molar-refractivity contribution in [2.75, 3.05) is 25.0 Å². The van der Waals surface area contributed by atoms with Crippen LogP contribution < -0.4 is 4.72 Å². The number of aromatic nitrogens is 2. The Labute approximate surface area is 164 Å². The van der Waals surface area contributed by atoms with Crippen molar-refractivity contribution in [1.82, 2.24) is 9.78 Å². The van der Waals surface area contributed by atoms with Crippen molar-refractivity contribution in [3.05, 3.63) is 41.7 Å². The van der Waals surface area contributed by atoms with Gasteiger partial charge in [0.1, 0.15) is 4.90 Å². The van der Waals surface area contributed by atoms with Gasteiger partial charge in [-0.1, -0.05) is 19.9 Å². The Morgan fingerprint density at radius 1 is 1.32 bits per heavy atom. The fourth-order valence-corrected chi connectivity index (χ4v) is 4.12. The summed E-state index contributed by atoms with van der Waals surface area (Å²) >= 11 is 0. The summed E-state index contributed by atoms with van der Waals surface area (Å²) in [5.41, 5.74) is 1.26. The zero-order valence-electron chi connectivity index (χ0n) is 16.2. The Bertz CT molecular complexity index is 946. The van der Waals surface area contributed by atoms with Crippen LogP contribution >= 0.6 is 0 Å². The lowest BCUT2D eigenvalue weighted by Crippen LogP contribution is -2.20. The molecule has 1 fully saturated rings. The first kappa shape index (κ1) is 20.3. The second-order valence-electron chi connectivity index (χ2n) is 7.06. The van der Waals surface area contributed by atoms with Crippen LogP contribution in [0.15, 0.2) is 35.5 Å². The molecule has 0 saturated carbocycles. The van der Waals surface area contributed by atoms with Crippen LogP contribution in [0.5, 0.6) is 0 Å². The maximum atomic E-state index is 12.8. The number of esters is 1. The molecule has 0 aliphatic carbocycles. The zero-order chi connectivity index (χ0) is 20.3. The van der Waals surface area contributed by atoms with Gasteiger partial charge in [-0.3, -0.25) is 9.40 Å². The van der Waals surface area contributed by atoms with Gasteiger partial charge in [0.05, 0.1) is 30.6 Å². The van der Waals surface area contributed by atoms with Crippen molar-refractivity contribution >= 4 is 21.7 Å². The highest BCUT2D eigenvalue weighted by molar-refractivity contribution is 7.92. The van der Waals surface area contributed by atoms with Gasteiger partial charge in [0, 0.05) is 19.4 Å². The third kappa shape index (κ3) is 4.36. The molecular weight excluding hydrogens is 382 g/mol. The lowest BCUT2D eigenvalue weighted by Gasteiger charge is -2.22. The quantitative estimate of drug-likeness (QED) is 0.739. The Morgan fingerprint density at radius 2 is 2.04 bits per heavy atom. The van der Waals surface area contributed by atoms with Crippen LogP contribution in [0.25, 0.3) is 0 Å². The molecule has 0 spiro atoms. The summed E-state index contributed by atoms with van der Waals surface area (Å²) in [7, 11) is -2.64. The fraction of sp³-hybridized carbons (Fsp3) is 0.474. The minimum absolute atomic E-state index is 0.0442. The number of hydrogen-bond acceptors (Lipinski definition) is 6. The number of nitrogens with one attached hydrogen (secondary N) is 1. The fourth-order valence-electron chi connectivity index (χ4n) is 3.10. The molecule has 0 bridgehead atoms. The molecule has 2 aromatic rings. The summed E-state index contributed by atoms with van der Waals surface area (Å²) in [5.74, 6) is -0.412. The third-order valence-electron chi connectivity index (χ3n) is 4.81. The van der Waals surface area contributed by atoms with E-state index in [0.717, 1.165) is 18.4 Å². The van der Waals surface area contributed by atoms with Crippen molar-refractivity contribution in [3.63, 3.8) is 0 Å². The largest absolute Gasteiger partial charge is 0.465 e. The molecule has 8 nitrogen and oxygen atoms in total. The molecular formula is C19H25N3O5S. The number of rotatable bonds is 6. The monoisotopic (exact) mass is 407 g/mol. The first-order chi connectivity index (χ1) is 13.3. The summed E-state index contributed by atoms with van der Waals surface area (Å²) in [6.45, 7) is 5.25. The topological polar surface area (TPSA) is 99.5 Å². The SMILES string of the molecule is COC(=O)c1cc(C(C)C)ccc1NS(=O)(=O)c1cnn(C2CCOCC2)c1. The molecule has 9 heteroatoms. The van der Waals surface area contributed by atoms with Gasteiger partial charge < -0.3 is 9.47 Å². The lowest BCUT2D eigenvalue weighted by atomic mass is 10.00. The van der Waals surface area contributed by atoms with Crippen LogP contribution in [0.3, 0.4) is 0 Å². The Hall–Kier alpha value is -2.39. The van der Waals surface area contributed by atoms with E-state index in [1.165, 1.54) is 19.5 Å². The maximum absolute atomic E-state index is 12.8. The number of carbonyl (C=O) groups is 1. The van der Waals surface area contributed by atoms with Crippen molar-refractivity contribution < 1.29 is 22.7 Å². The van der Waals surface area contributed by atoms with E-state index in [9.17, 15) is 13.2 Å². The van der Waals surface area contributed by atoms with Crippen LogP contribution in [0, 0.1) is 0 Å². The van der Waals surface area contributed by atoms with Crippen LogP contribution in [0.4, 0.5) is 5.69 Å². The normalized spacial score (nSPS) is 15.6. The molecule has 1 saturated heterocycles. The van der Waals surface area contributed by atoms with Crippen molar-refractivity contribution in [2.45, 2.75) is 43.5 Å². The van der Waals surface area contributed by atoms with E-state index in [0.29, 0.717) is 13.2 Å². The van der Waals surface area contributed by atoms with Gasteiger partial charge in [0.2, 0.25) is 0 Å². The van der Waals surface area contributed by atoms with Crippen LogP contribution in [0.1, 0.15) is 54.6 Å². The molecule has 1 N–H and O–H groups in total. The highest BCUT2D eigenvalue weighted by Gasteiger charge is 2.23. The van der Waals surface area contributed by atoms with Gasteiger partial charge in [-0.2, -0.15) is 5.10 Å². The Morgan fingerprint density at radius 3 is 2.68 bits per heavy atom. The highest BCUT2D eigenvalue weighted by Crippen LogP contribution is 2.26.